The van der Waals surface area contributed by atoms with Gasteiger partial charge < -0.3 is 14.8 Å². The van der Waals surface area contributed by atoms with E-state index in [2.05, 4.69) is 10.3 Å². The van der Waals surface area contributed by atoms with Crippen molar-refractivity contribution in [3.8, 4) is 11.5 Å². The molecule has 1 fully saturated rings. The molecule has 1 aliphatic rings. The lowest BCUT2D eigenvalue weighted by Gasteiger charge is -2.17. The molecule has 1 saturated carbocycles. The molecule has 0 bridgehead atoms. The average molecular weight is 347 g/mol. The summed E-state index contributed by atoms with van der Waals surface area (Å²) in [6.45, 7) is 0. The van der Waals surface area contributed by atoms with E-state index in [4.69, 9.17) is 21.1 Å². The largest absolute Gasteiger partial charge is 0.493 e. The van der Waals surface area contributed by atoms with Gasteiger partial charge in [-0.25, -0.2) is 4.98 Å². The average Bonchev–Trinajstić information content (AvgIpc) is 3.08. The predicted octanol–water partition coefficient (Wildman–Crippen LogP) is 4.32. The van der Waals surface area contributed by atoms with E-state index in [1.807, 2.05) is 0 Å². The maximum atomic E-state index is 12.3. The van der Waals surface area contributed by atoms with Crippen LogP contribution in [0.3, 0.4) is 0 Å². The van der Waals surface area contributed by atoms with E-state index in [9.17, 15) is 4.79 Å². The Morgan fingerprint density at radius 1 is 1.21 bits per heavy atom. The normalized spacial score (nSPS) is 14.4. The molecule has 1 heterocycles. The number of ether oxygens (including phenoxy) is 2. The van der Waals surface area contributed by atoms with Gasteiger partial charge >= 0.3 is 0 Å². The molecule has 126 valence electrons. The monoisotopic (exact) mass is 346 g/mol. The van der Waals surface area contributed by atoms with Crippen LogP contribution in [-0.2, 0) is 0 Å². The molecule has 0 saturated heterocycles. The number of nitrogens with zero attached hydrogens (tertiary/aromatic N) is 1. The molecular weight excluding hydrogens is 328 g/mol. The van der Waals surface area contributed by atoms with Gasteiger partial charge in [-0.2, -0.15) is 0 Å². The third-order valence-corrected chi connectivity index (χ3v) is 4.21. The van der Waals surface area contributed by atoms with Gasteiger partial charge in [0.2, 0.25) is 0 Å². The molecule has 0 radical (unpaired) electrons. The first-order chi connectivity index (χ1) is 11.7. The number of methoxy groups -OCH3 is 1. The summed E-state index contributed by atoms with van der Waals surface area (Å²) in [5.41, 5.74) is 1.09. The minimum atomic E-state index is -0.253. The molecule has 0 atom stereocenters. The van der Waals surface area contributed by atoms with E-state index in [0.717, 1.165) is 12.8 Å². The fraction of sp³-hybridized carbons (Fsp3) is 0.333. The number of hydrogen-bond donors (Lipinski definition) is 1. The van der Waals surface area contributed by atoms with Crippen LogP contribution in [0.5, 0.6) is 11.5 Å². The van der Waals surface area contributed by atoms with Crippen molar-refractivity contribution in [1.82, 2.24) is 4.98 Å². The number of halogens is 1. The van der Waals surface area contributed by atoms with Crippen LogP contribution >= 0.6 is 11.6 Å². The number of carbonyl (C=O) groups excluding carboxylic acids is 1. The molecule has 1 aromatic carbocycles. The fourth-order valence-electron chi connectivity index (χ4n) is 2.78. The Morgan fingerprint density at radius 3 is 2.71 bits per heavy atom. The highest BCUT2D eigenvalue weighted by Gasteiger charge is 2.19. The number of aromatic nitrogens is 1. The second-order valence-corrected chi connectivity index (χ2v) is 6.10. The van der Waals surface area contributed by atoms with Crippen LogP contribution < -0.4 is 14.8 Å². The summed E-state index contributed by atoms with van der Waals surface area (Å²) in [6.07, 6.45) is 6.19. The first kappa shape index (κ1) is 16.6. The lowest BCUT2D eigenvalue weighted by Crippen LogP contribution is -2.14. The Labute approximate surface area is 145 Å². The van der Waals surface area contributed by atoms with Crippen LogP contribution in [0.1, 0.15) is 36.0 Å². The molecule has 0 unspecified atom stereocenters. The van der Waals surface area contributed by atoms with E-state index in [0.29, 0.717) is 22.7 Å². The van der Waals surface area contributed by atoms with Gasteiger partial charge in [-0.05, 0) is 49.9 Å². The molecule has 1 N–H and O–H groups in total. The van der Waals surface area contributed by atoms with Gasteiger partial charge in [0, 0.05) is 23.5 Å². The number of benzene rings is 1. The highest BCUT2D eigenvalue weighted by Crippen LogP contribution is 2.34. The first-order valence-electron chi connectivity index (χ1n) is 7.93. The standard InChI is InChI=1S/C18H19ClN2O3/c1-23-15-7-6-13(11-16(15)24-14-4-2-3-5-14)21-18(22)12-8-9-20-17(19)10-12/h6-11,14H,2-5H2,1H3,(H,21,22). The van der Waals surface area contributed by atoms with Crippen LogP contribution in [0, 0.1) is 0 Å². The van der Waals surface area contributed by atoms with Crippen molar-refractivity contribution >= 4 is 23.2 Å². The zero-order chi connectivity index (χ0) is 16.9. The second-order valence-electron chi connectivity index (χ2n) is 5.71. The number of hydrogen-bond acceptors (Lipinski definition) is 4. The quantitative estimate of drug-likeness (QED) is 0.819. The van der Waals surface area contributed by atoms with E-state index >= 15 is 0 Å². The van der Waals surface area contributed by atoms with Gasteiger partial charge in [-0.3, -0.25) is 4.79 Å². The van der Waals surface area contributed by atoms with Gasteiger partial charge in [-0.15, -0.1) is 0 Å². The summed E-state index contributed by atoms with van der Waals surface area (Å²) in [4.78, 5) is 16.2. The third kappa shape index (κ3) is 3.97. The Bertz CT molecular complexity index is 730. The molecule has 5 nitrogen and oxygen atoms in total. The zero-order valence-electron chi connectivity index (χ0n) is 13.4. The summed E-state index contributed by atoms with van der Waals surface area (Å²) in [5, 5.41) is 3.12. The maximum Gasteiger partial charge on any atom is 0.255 e. The van der Waals surface area contributed by atoms with Crippen LogP contribution in [0.4, 0.5) is 5.69 Å². The highest BCUT2D eigenvalue weighted by molar-refractivity contribution is 6.29. The Kier molecular flexibility index (Phi) is 5.20. The third-order valence-electron chi connectivity index (χ3n) is 4.01. The molecule has 1 aromatic heterocycles. The Balaban J connectivity index is 1.76. The molecule has 3 rings (SSSR count). The van der Waals surface area contributed by atoms with Crippen molar-refractivity contribution < 1.29 is 14.3 Å². The second kappa shape index (κ2) is 7.53. The van der Waals surface area contributed by atoms with Crippen molar-refractivity contribution in [2.45, 2.75) is 31.8 Å². The number of rotatable bonds is 5. The van der Waals surface area contributed by atoms with Crippen LogP contribution in [0.2, 0.25) is 5.15 Å². The van der Waals surface area contributed by atoms with Gasteiger partial charge in [0.1, 0.15) is 5.15 Å². The number of anilines is 1. The van der Waals surface area contributed by atoms with Crippen molar-refractivity contribution in [2.24, 2.45) is 0 Å². The zero-order valence-corrected chi connectivity index (χ0v) is 14.2. The van der Waals surface area contributed by atoms with Gasteiger partial charge in [0.05, 0.1) is 13.2 Å². The van der Waals surface area contributed by atoms with Crippen molar-refractivity contribution in [3.63, 3.8) is 0 Å². The van der Waals surface area contributed by atoms with Gasteiger partial charge in [0.25, 0.3) is 5.91 Å². The van der Waals surface area contributed by atoms with Crippen molar-refractivity contribution in [1.29, 1.82) is 0 Å². The lowest BCUT2D eigenvalue weighted by molar-refractivity contribution is 0.102. The van der Waals surface area contributed by atoms with E-state index in [1.54, 1.807) is 31.4 Å². The Hall–Kier alpha value is -2.27. The molecule has 1 amide bonds. The highest BCUT2D eigenvalue weighted by atomic mass is 35.5. The van der Waals surface area contributed by atoms with E-state index in [-0.39, 0.29) is 17.2 Å². The molecule has 1 aliphatic carbocycles. The molecular formula is C18H19ClN2O3. The number of nitrogens with one attached hydrogen (secondary N) is 1. The van der Waals surface area contributed by atoms with Crippen LogP contribution in [-0.4, -0.2) is 24.1 Å². The SMILES string of the molecule is COc1ccc(NC(=O)c2ccnc(Cl)c2)cc1OC1CCCC1. The number of pyridine rings is 1. The first-order valence-corrected chi connectivity index (χ1v) is 8.31. The predicted molar refractivity (Wildman–Crippen MR) is 93.1 cm³/mol. The summed E-state index contributed by atoms with van der Waals surface area (Å²) >= 11 is 5.82. The molecule has 2 aromatic rings. The summed E-state index contributed by atoms with van der Waals surface area (Å²) < 4.78 is 11.4. The van der Waals surface area contributed by atoms with Gasteiger partial charge in [0.15, 0.2) is 11.5 Å². The minimum Gasteiger partial charge on any atom is -0.493 e. The van der Waals surface area contributed by atoms with Crippen molar-refractivity contribution in [2.75, 3.05) is 12.4 Å². The minimum absolute atomic E-state index is 0.212. The molecule has 0 aliphatic heterocycles. The van der Waals surface area contributed by atoms with Crippen LogP contribution in [0.15, 0.2) is 36.5 Å². The Morgan fingerprint density at radius 2 is 2.00 bits per heavy atom. The van der Waals surface area contributed by atoms with Crippen molar-refractivity contribution in [3.05, 3.63) is 47.2 Å². The van der Waals surface area contributed by atoms with Crippen LogP contribution in [0.25, 0.3) is 0 Å². The smallest absolute Gasteiger partial charge is 0.255 e. The van der Waals surface area contributed by atoms with E-state index in [1.165, 1.54) is 25.1 Å². The summed E-state index contributed by atoms with van der Waals surface area (Å²) in [6, 6.07) is 8.50. The van der Waals surface area contributed by atoms with Gasteiger partial charge in [-0.1, -0.05) is 11.6 Å². The summed E-state index contributed by atoms with van der Waals surface area (Å²) in [5.74, 6) is 1.05. The molecule has 24 heavy (non-hydrogen) atoms. The lowest BCUT2D eigenvalue weighted by atomic mass is 10.2. The topological polar surface area (TPSA) is 60.5 Å². The molecule has 6 heteroatoms. The number of carbonyl (C=O) groups is 1. The summed E-state index contributed by atoms with van der Waals surface area (Å²) in [7, 11) is 1.61. The number of amides is 1. The molecule has 0 spiro atoms. The maximum absolute atomic E-state index is 12.3. The van der Waals surface area contributed by atoms with E-state index < -0.39 is 0 Å². The fourth-order valence-corrected chi connectivity index (χ4v) is 2.95.